The van der Waals surface area contributed by atoms with Gasteiger partial charge in [-0.05, 0) is 44.6 Å². The van der Waals surface area contributed by atoms with E-state index in [0.29, 0.717) is 5.92 Å². The lowest BCUT2D eigenvalue weighted by Gasteiger charge is -2.34. The summed E-state index contributed by atoms with van der Waals surface area (Å²) in [6.07, 6.45) is 7.76. The number of hydrogen-bond acceptors (Lipinski definition) is 5. The molecule has 0 spiro atoms. The molecule has 1 saturated heterocycles. The van der Waals surface area contributed by atoms with Crippen molar-refractivity contribution < 1.29 is 29.0 Å². The minimum atomic E-state index is -0.927. The van der Waals surface area contributed by atoms with Gasteiger partial charge in [0.15, 0.2) is 0 Å². The van der Waals surface area contributed by atoms with Gasteiger partial charge in [0.2, 0.25) is 0 Å². The highest BCUT2D eigenvalue weighted by atomic mass is 16.6. The maximum absolute atomic E-state index is 11.4. The molecule has 0 bridgehead atoms. The summed E-state index contributed by atoms with van der Waals surface area (Å²) in [7, 11) is 0. The number of aliphatic carboxylic acids is 1. The number of cyclic esters (lactones) is 1. The van der Waals surface area contributed by atoms with Gasteiger partial charge in [-0.3, -0.25) is 9.59 Å². The van der Waals surface area contributed by atoms with Crippen LogP contribution in [-0.4, -0.2) is 35.7 Å². The van der Waals surface area contributed by atoms with Crippen molar-refractivity contribution in [2.45, 2.75) is 65.9 Å². The predicted octanol–water partition coefficient (Wildman–Crippen LogP) is 3.65. The molecular formula is C20H30O6. The zero-order valence-corrected chi connectivity index (χ0v) is 16.1. The van der Waals surface area contributed by atoms with Gasteiger partial charge in [0.05, 0.1) is 0 Å². The first-order valence-corrected chi connectivity index (χ1v) is 9.11. The van der Waals surface area contributed by atoms with Gasteiger partial charge in [-0.1, -0.05) is 31.4 Å². The van der Waals surface area contributed by atoms with Crippen LogP contribution < -0.4 is 0 Å². The SMILES string of the molecule is CC(=O)OCC1C(=O)OC1CCCCC(C)C/C(C)=C/C(C)=C/C(=O)O. The molecule has 1 aliphatic heterocycles. The van der Waals surface area contributed by atoms with E-state index in [2.05, 4.69) is 6.92 Å². The zero-order valence-electron chi connectivity index (χ0n) is 16.1. The monoisotopic (exact) mass is 366 g/mol. The molecule has 1 heterocycles. The Morgan fingerprint density at radius 1 is 1.23 bits per heavy atom. The second-order valence-electron chi connectivity index (χ2n) is 7.20. The van der Waals surface area contributed by atoms with Gasteiger partial charge in [0.25, 0.3) is 0 Å². The molecule has 0 radical (unpaired) electrons. The third-order valence-corrected chi connectivity index (χ3v) is 4.42. The van der Waals surface area contributed by atoms with Crippen molar-refractivity contribution in [3.8, 4) is 0 Å². The number of esters is 2. The highest BCUT2D eigenvalue weighted by molar-refractivity contribution is 5.81. The maximum atomic E-state index is 11.4. The Bertz CT molecular complexity index is 575. The van der Waals surface area contributed by atoms with Crippen molar-refractivity contribution >= 4 is 17.9 Å². The molecule has 0 aromatic carbocycles. The minimum absolute atomic E-state index is 0.114. The molecule has 1 N–H and O–H groups in total. The van der Waals surface area contributed by atoms with Crippen molar-refractivity contribution in [1.82, 2.24) is 0 Å². The molecule has 0 amide bonds. The van der Waals surface area contributed by atoms with Crippen LogP contribution in [-0.2, 0) is 23.9 Å². The summed E-state index contributed by atoms with van der Waals surface area (Å²) in [5, 5.41) is 8.73. The Hall–Kier alpha value is -2.11. The van der Waals surface area contributed by atoms with E-state index in [9.17, 15) is 14.4 Å². The largest absolute Gasteiger partial charge is 0.478 e. The van der Waals surface area contributed by atoms with Gasteiger partial charge in [-0.2, -0.15) is 0 Å². The molecule has 26 heavy (non-hydrogen) atoms. The highest BCUT2D eigenvalue weighted by Crippen LogP contribution is 2.28. The zero-order chi connectivity index (χ0) is 19.7. The fraction of sp³-hybridized carbons (Fsp3) is 0.650. The summed E-state index contributed by atoms with van der Waals surface area (Å²) in [5.74, 6) is -1.40. The number of carboxylic acids is 1. The maximum Gasteiger partial charge on any atom is 0.328 e. The minimum Gasteiger partial charge on any atom is -0.478 e. The van der Waals surface area contributed by atoms with Crippen LogP contribution in [0.3, 0.4) is 0 Å². The Morgan fingerprint density at radius 2 is 1.92 bits per heavy atom. The predicted molar refractivity (Wildman–Crippen MR) is 97.4 cm³/mol. The van der Waals surface area contributed by atoms with E-state index >= 15 is 0 Å². The van der Waals surface area contributed by atoms with Crippen molar-refractivity contribution in [3.05, 3.63) is 23.3 Å². The average Bonchev–Trinajstić information content (AvgIpc) is 2.48. The summed E-state index contributed by atoms with van der Waals surface area (Å²) < 4.78 is 10.0. The Kier molecular flexibility index (Phi) is 9.10. The quantitative estimate of drug-likeness (QED) is 0.260. The van der Waals surface area contributed by atoms with Gasteiger partial charge in [-0.15, -0.1) is 0 Å². The van der Waals surface area contributed by atoms with Crippen molar-refractivity contribution in [3.63, 3.8) is 0 Å². The van der Waals surface area contributed by atoms with Crippen LogP contribution in [0.15, 0.2) is 23.3 Å². The van der Waals surface area contributed by atoms with E-state index in [0.717, 1.165) is 37.7 Å². The first-order valence-electron chi connectivity index (χ1n) is 9.11. The number of rotatable bonds is 11. The topological polar surface area (TPSA) is 89.9 Å². The standard InChI is InChI=1S/C20H30O6/c1-13(9-14(2)10-15(3)11-19(22)23)7-5-6-8-18-17(20(24)26-18)12-25-16(4)21/h10-11,13,17-18H,5-9,12H2,1-4H3,(H,22,23)/b14-10+,15-11+. The number of carboxylic acid groups (broad SMARTS) is 1. The number of ether oxygens (including phenoxy) is 2. The van der Waals surface area contributed by atoms with Crippen molar-refractivity contribution in [2.75, 3.05) is 6.61 Å². The number of carbonyl (C=O) groups excluding carboxylic acids is 2. The fourth-order valence-corrected chi connectivity index (χ4v) is 3.21. The summed E-state index contributed by atoms with van der Waals surface area (Å²) >= 11 is 0. The van der Waals surface area contributed by atoms with E-state index < -0.39 is 5.97 Å². The molecule has 6 heteroatoms. The van der Waals surface area contributed by atoms with Gasteiger partial charge in [0, 0.05) is 13.0 Å². The van der Waals surface area contributed by atoms with Crippen molar-refractivity contribution in [1.29, 1.82) is 0 Å². The molecule has 6 nitrogen and oxygen atoms in total. The molecule has 1 fully saturated rings. The number of allylic oxidation sites excluding steroid dienone is 3. The lowest BCUT2D eigenvalue weighted by atomic mass is 9.91. The normalized spacial score (nSPS) is 21.6. The van der Waals surface area contributed by atoms with Crippen LogP contribution in [0.2, 0.25) is 0 Å². The Morgan fingerprint density at radius 3 is 2.50 bits per heavy atom. The van der Waals surface area contributed by atoms with E-state index in [4.69, 9.17) is 14.6 Å². The third kappa shape index (κ3) is 8.32. The smallest absolute Gasteiger partial charge is 0.328 e. The first-order chi connectivity index (χ1) is 12.2. The highest BCUT2D eigenvalue weighted by Gasteiger charge is 2.42. The number of unbranched alkanes of at least 4 members (excludes halogenated alkanes) is 1. The van der Waals surface area contributed by atoms with Gasteiger partial charge in [-0.25, -0.2) is 4.79 Å². The lowest BCUT2D eigenvalue weighted by molar-refractivity contribution is -0.191. The van der Waals surface area contributed by atoms with Crippen LogP contribution in [0.4, 0.5) is 0 Å². The van der Waals surface area contributed by atoms with Crippen LogP contribution in [0.1, 0.15) is 59.8 Å². The first kappa shape index (κ1) is 21.9. The number of hydrogen-bond donors (Lipinski definition) is 1. The second kappa shape index (κ2) is 10.8. The van der Waals surface area contributed by atoms with Crippen LogP contribution >= 0.6 is 0 Å². The third-order valence-electron chi connectivity index (χ3n) is 4.42. The van der Waals surface area contributed by atoms with Gasteiger partial charge >= 0.3 is 17.9 Å². The summed E-state index contributed by atoms with van der Waals surface area (Å²) in [5.41, 5.74) is 1.91. The van der Waals surface area contributed by atoms with Gasteiger partial charge < -0.3 is 14.6 Å². The molecule has 0 aromatic rings. The summed E-state index contributed by atoms with van der Waals surface area (Å²) in [4.78, 5) is 32.9. The molecule has 3 unspecified atom stereocenters. The molecule has 146 valence electrons. The lowest BCUT2D eigenvalue weighted by Crippen LogP contribution is -2.47. The van der Waals surface area contributed by atoms with Gasteiger partial charge in [0.1, 0.15) is 18.6 Å². The Labute approximate surface area is 155 Å². The van der Waals surface area contributed by atoms with Crippen LogP contribution in [0.5, 0.6) is 0 Å². The molecule has 1 rings (SSSR count). The molecule has 3 atom stereocenters. The van der Waals surface area contributed by atoms with E-state index in [-0.39, 0.29) is 30.6 Å². The summed E-state index contributed by atoms with van der Waals surface area (Å²) in [6, 6.07) is 0. The molecular weight excluding hydrogens is 336 g/mol. The average molecular weight is 366 g/mol. The van der Waals surface area contributed by atoms with Crippen LogP contribution in [0.25, 0.3) is 0 Å². The molecule has 1 aliphatic rings. The van der Waals surface area contributed by atoms with Crippen molar-refractivity contribution in [2.24, 2.45) is 11.8 Å². The van der Waals surface area contributed by atoms with Crippen LogP contribution in [0, 0.1) is 11.8 Å². The van der Waals surface area contributed by atoms with E-state index in [1.165, 1.54) is 18.6 Å². The number of carbonyl (C=O) groups is 3. The molecule has 0 aromatic heterocycles. The van der Waals surface area contributed by atoms with E-state index in [1.807, 2.05) is 13.0 Å². The molecule has 0 aliphatic carbocycles. The summed E-state index contributed by atoms with van der Waals surface area (Å²) in [6.45, 7) is 7.43. The van der Waals surface area contributed by atoms with E-state index in [1.54, 1.807) is 6.92 Å². The second-order valence-corrected chi connectivity index (χ2v) is 7.20. The fourth-order valence-electron chi connectivity index (χ4n) is 3.21. The molecule has 0 saturated carbocycles. The Balaban J connectivity index is 2.24.